The number of aliphatic hydroxyl groups is 1. The van der Waals surface area contributed by atoms with Gasteiger partial charge in [-0.3, -0.25) is 14.4 Å². The second-order valence-corrected chi connectivity index (χ2v) is 7.70. The van der Waals surface area contributed by atoms with Gasteiger partial charge in [-0.15, -0.1) is 0 Å². The predicted octanol–water partition coefficient (Wildman–Crippen LogP) is 2.94. The molecule has 0 aliphatic heterocycles. The van der Waals surface area contributed by atoms with Crippen LogP contribution in [0.3, 0.4) is 0 Å². The molecule has 1 aromatic carbocycles. The van der Waals surface area contributed by atoms with Gasteiger partial charge in [-0.25, -0.2) is 0 Å². The fraction of sp³-hybridized carbons (Fsp3) is 0.318. The lowest BCUT2D eigenvalue weighted by molar-refractivity contribution is 0.0985. The average Bonchev–Trinajstić information content (AvgIpc) is 3.03. The number of rotatable bonds is 2. The number of allylic oxidation sites excluding steroid dienone is 2. The normalized spacial score (nSPS) is 22.5. The molecule has 1 aromatic heterocycles. The summed E-state index contributed by atoms with van der Waals surface area (Å²) in [7, 11) is 0. The first-order chi connectivity index (χ1) is 13.0. The van der Waals surface area contributed by atoms with Crippen LogP contribution in [-0.4, -0.2) is 29.1 Å². The van der Waals surface area contributed by atoms with Crippen LogP contribution in [0.2, 0.25) is 0 Å². The van der Waals surface area contributed by atoms with E-state index in [1.807, 2.05) is 0 Å². The third kappa shape index (κ3) is 2.00. The first-order valence-electron chi connectivity index (χ1n) is 9.21. The van der Waals surface area contributed by atoms with Crippen LogP contribution in [0, 0.1) is 0 Å². The molecule has 5 heteroatoms. The number of aliphatic hydroxyl groups excluding tert-OH is 1. The van der Waals surface area contributed by atoms with Crippen LogP contribution in [-0.2, 0) is 18.3 Å². The summed E-state index contributed by atoms with van der Waals surface area (Å²) >= 11 is 0. The first-order valence-corrected chi connectivity index (χ1v) is 9.21. The Hall–Kier alpha value is -2.79. The van der Waals surface area contributed by atoms with Crippen molar-refractivity contribution in [1.82, 2.24) is 0 Å². The predicted molar refractivity (Wildman–Crippen MR) is 96.6 cm³/mol. The lowest BCUT2D eigenvalue weighted by Crippen LogP contribution is -2.36. The van der Waals surface area contributed by atoms with E-state index >= 15 is 0 Å². The molecule has 0 spiro atoms. The monoisotopic (exact) mass is 362 g/mol. The number of furan rings is 1. The summed E-state index contributed by atoms with van der Waals surface area (Å²) in [6.07, 6.45) is 5.50. The molecule has 0 bridgehead atoms. The van der Waals surface area contributed by atoms with Crippen molar-refractivity contribution in [2.24, 2.45) is 0 Å². The van der Waals surface area contributed by atoms with Crippen molar-refractivity contribution in [1.29, 1.82) is 0 Å². The van der Waals surface area contributed by atoms with Gasteiger partial charge in [0.05, 0.1) is 6.61 Å². The second kappa shape index (κ2) is 5.36. The minimum atomic E-state index is -0.442. The Kier molecular flexibility index (Phi) is 3.25. The van der Waals surface area contributed by atoms with Crippen LogP contribution < -0.4 is 0 Å². The smallest absolute Gasteiger partial charge is 0.228 e. The molecule has 5 nitrogen and oxygen atoms in total. The van der Waals surface area contributed by atoms with E-state index in [9.17, 15) is 19.5 Å². The summed E-state index contributed by atoms with van der Waals surface area (Å²) in [5.41, 5.74) is 3.37. The zero-order valence-corrected chi connectivity index (χ0v) is 14.9. The highest BCUT2D eigenvalue weighted by molar-refractivity contribution is 6.23. The number of ketones is 3. The minimum Gasteiger partial charge on any atom is -0.457 e. The molecule has 1 N–H and O–H groups in total. The van der Waals surface area contributed by atoms with Gasteiger partial charge >= 0.3 is 0 Å². The molecule has 0 saturated heterocycles. The number of carbonyl (C=O) groups is 3. The fourth-order valence-corrected chi connectivity index (χ4v) is 4.94. The standard InChI is InChI=1S/C22H18O5/c1-22-7-2-3-11-18(6-8-23)27-21(19(11)22)20(26)14-9-12-13(10-15(14)22)17(25)5-4-16(12)24/h4-5,9-10,23H,2-3,6-8H2,1H3. The average molecular weight is 362 g/mol. The van der Waals surface area contributed by atoms with Crippen LogP contribution in [0.25, 0.3) is 0 Å². The topological polar surface area (TPSA) is 84.6 Å². The molecule has 3 aliphatic carbocycles. The van der Waals surface area contributed by atoms with E-state index in [0.717, 1.165) is 36.0 Å². The van der Waals surface area contributed by atoms with E-state index in [1.54, 1.807) is 12.1 Å². The number of benzene rings is 1. The highest BCUT2D eigenvalue weighted by Crippen LogP contribution is 2.51. The SMILES string of the molecule is CC12CCCc3c(CCO)oc(c31)C(=O)c1cc3c(cc12)C(=O)C=CC3=O. The number of fused-ring (bicyclic) bond motifs is 3. The van der Waals surface area contributed by atoms with Gasteiger partial charge in [0.1, 0.15) is 5.76 Å². The molecule has 3 aliphatic rings. The molecule has 2 aromatic rings. The van der Waals surface area contributed by atoms with Crippen molar-refractivity contribution in [2.75, 3.05) is 6.61 Å². The molecule has 136 valence electrons. The lowest BCUT2D eigenvalue weighted by atomic mass is 9.62. The van der Waals surface area contributed by atoms with Gasteiger partial charge in [0.15, 0.2) is 17.3 Å². The zero-order chi connectivity index (χ0) is 18.9. The Bertz CT molecular complexity index is 1080. The highest BCUT2D eigenvalue weighted by atomic mass is 16.4. The van der Waals surface area contributed by atoms with Crippen LogP contribution in [0.15, 0.2) is 28.7 Å². The number of hydrogen-bond donors (Lipinski definition) is 1. The van der Waals surface area contributed by atoms with Crippen molar-refractivity contribution in [3.8, 4) is 0 Å². The number of carbonyl (C=O) groups excluding carboxylic acids is 3. The van der Waals surface area contributed by atoms with Crippen LogP contribution in [0.5, 0.6) is 0 Å². The Balaban J connectivity index is 1.81. The van der Waals surface area contributed by atoms with E-state index in [-0.39, 0.29) is 29.5 Å². The molecule has 27 heavy (non-hydrogen) atoms. The Labute approximate surface area is 155 Å². The molecule has 1 atom stereocenters. The third-order valence-electron chi connectivity index (χ3n) is 6.20. The molecule has 0 amide bonds. The molecular formula is C22H18O5. The second-order valence-electron chi connectivity index (χ2n) is 7.70. The van der Waals surface area contributed by atoms with Crippen molar-refractivity contribution in [3.63, 3.8) is 0 Å². The summed E-state index contributed by atoms with van der Waals surface area (Å²) < 4.78 is 5.93. The fourth-order valence-electron chi connectivity index (χ4n) is 4.94. The molecule has 1 heterocycles. The van der Waals surface area contributed by atoms with Crippen molar-refractivity contribution < 1.29 is 23.9 Å². The Morgan fingerprint density at radius 2 is 1.78 bits per heavy atom. The van der Waals surface area contributed by atoms with Crippen molar-refractivity contribution in [3.05, 3.63) is 69.2 Å². The lowest BCUT2D eigenvalue weighted by Gasteiger charge is -2.39. The van der Waals surface area contributed by atoms with Crippen molar-refractivity contribution in [2.45, 2.75) is 38.0 Å². The maximum atomic E-state index is 13.2. The molecular weight excluding hydrogens is 344 g/mol. The van der Waals surface area contributed by atoms with Gasteiger partial charge in [-0.05, 0) is 54.7 Å². The Morgan fingerprint density at radius 1 is 1.07 bits per heavy atom. The molecule has 0 radical (unpaired) electrons. The van der Waals surface area contributed by atoms with E-state index in [1.165, 1.54) is 12.2 Å². The largest absolute Gasteiger partial charge is 0.457 e. The maximum Gasteiger partial charge on any atom is 0.228 e. The minimum absolute atomic E-state index is 0.0415. The molecule has 5 rings (SSSR count). The van der Waals surface area contributed by atoms with Gasteiger partial charge in [0, 0.05) is 34.1 Å². The van der Waals surface area contributed by atoms with Crippen LogP contribution in [0.1, 0.15) is 79.1 Å². The summed E-state index contributed by atoms with van der Waals surface area (Å²) in [4.78, 5) is 37.8. The summed E-state index contributed by atoms with van der Waals surface area (Å²) in [5.74, 6) is 0.281. The van der Waals surface area contributed by atoms with E-state index in [4.69, 9.17) is 4.42 Å². The third-order valence-corrected chi connectivity index (χ3v) is 6.20. The van der Waals surface area contributed by atoms with E-state index in [2.05, 4.69) is 6.92 Å². The van der Waals surface area contributed by atoms with Gasteiger partial charge in [-0.1, -0.05) is 6.92 Å². The summed E-state index contributed by atoms with van der Waals surface area (Å²) in [5, 5.41) is 9.36. The first kappa shape index (κ1) is 16.4. The quantitative estimate of drug-likeness (QED) is 0.888. The van der Waals surface area contributed by atoms with Gasteiger partial charge in [0.2, 0.25) is 5.78 Å². The molecule has 0 fully saturated rings. The van der Waals surface area contributed by atoms with E-state index in [0.29, 0.717) is 29.1 Å². The van der Waals surface area contributed by atoms with Crippen LogP contribution in [0.4, 0.5) is 0 Å². The highest BCUT2D eigenvalue weighted by Gasteiger charge is 2.47. The summed E-state index contributed by atoms with van der Waals surface area (Å²) in [6.45, 7) is 2.04. The molecule has 0 saturated carbocycles. The number of hydrogen-bond acceptors (Lipinski definition) is 5. The zero-order valence-electron chi connectivity index (χ0n) is 14.9. The van der Waals surface area contributed by atoms with Gasteiger partial charge in [0.25, 0.3) is 0 Å². The van der Waals surface area contributed by atoms with Crippen molar-refractivity contribution >= 4 is 17.3 Å². The Morgan fingerprint density at radius 3 is 2.48 bits per heavy atom. The van der Waals surface area contributed by atoms with E-state index < -0.39 is 5.41 Å². The van der Waals surface area contributed by atoms with Crippen LogP contribution >= 0.6 is 0 Å². The van der Waals surface area contributed by atoms with Gasteiger partial charge < -0.3 is 9.52 Å². The molecule has 1 unspecified atom stereocenters. The maximum absolute atomic E-state index is 13.2. The van der Waals surface area contributed by atoms with Gasteiger partial charge in [-0.2, -0.15) is 0 Å². The summed E-state index contributed by atoms with van der Waals surface area (Å²) in [6, 6.07) is 3.30.